The quantitative estimate of drug-likeness (QED) is 0.798. The standard InChI is InChI=1S/C13H16N2OS/c1-14-13-5-4-11(9-15-13)10-16-7-6-12-3-2-8-17-12/h2-5,8-9H,6-7,10H2,1H3,(H,14,15). The first-order valence-electron chi connectivity index (χ1n) is 5.61. The lowest BCUT2D eigenvalue weighted by atomic mass is 10.3. The van der Waals surface area contributed by atoms with E-state index in [0.717, 1.165) is 24.4 Å². The summed E-state index contributed by atoms with van der Waals surface area (Å²) in [5.74, 6) is 0.882. The molecule has 0 spiro atoms. The molecule has 0 aromatic carbocycles. The van der Waals surface area contributed by atoms with Crippen LogP contribution in [0.4, 0.5) is 5.82 Å². The molecule has 0 radical (unpaired) electrons. The molecule has 2 aromatic heterocycles. The summed E-state index contributed by atoms with van der Waals surface area (Å²) in [6, 6.07) is 8.19. The molecule has 0 bridgehead atoms. The zero-order chi connectivity index (χ0) is 11.9. The van der Waals surface area contributed by atoms with E-state index < -0.39 is 0 Å². The smallest absolute Gasteiger partial charge is 0.125 e. The molecule has 2 heterocycles. The number of nitrogens with one attached hydrogen (secondary N) is 1. The van der Waals surface area contributed by atoms with Crippen LogP contribution in [0, 0.1) is 0 Å². The lowest BCUT2D eigenvalue weighted by Gasteiger charge is -2.04. The normalized spacial score (nSPS) is 10.4. The van der Waals surface area contributed by atoms with Crippen LogP contribution in [0.2, 0.25) is 0 Å². The van der Waals surface area contributed by atoms with Crippen LogP contribution in [0.25, 0.3) is 0 Å². The second kappa shape index (κ2) is 6.37. The summed E-state index contributed by atoms with van der Waals surface area (Å²) < 4.78 is 5.61. The summed E-state index contributed by atoms with van der Waals surface area (Å²) >= 11 is 1.77. The maximum Gasteiger partial charge on any atom is 0.125 e. The Bertz CT molecular complexity index is 425. The number of rotatable bonds is 6. The van der Waals surface area contributed by atoms with Crippen molar-refractivity contribution in [3.05, 3.63) is 46.3 Å². The summed E-state index contributed by atoms with van der Waals surface area (Å²) in [6.45, 7) is 1.39. The van der Waals surface area contributed by atoms with Gasteiger partial charge in [0.15, 0.2) is 0 Å². The molecule has 0 atom stereocenters. The Labute approximate surface area is 105 Å². The first-order valence-corrected chi connectivity index (χ1v) is 6.49. The number of anilines is 1. The second-order valence-corrected chi connectivity index (χ2v) is 4.72. The molecule has 0 aliphatic carbocycles. The van der Waals surface area contributed by atoms with Crippen LogP contribution in [0.3, 0.4) is 0 Å². The van der Waals surface area contributed by atoms with Crippen LogP contribution in [-0.4, -0.2) is 18.6 Å². The highest BCUT2D eigenvalue weighted by molar-refractivity contribution is 7.09. The molecule has 90 valence electrons. The van der Waals surface area contributed by atoms with Crippen molar-refractivity contribution < 1.29 is 4.74 Å². The van der Waals surface area contributed by atoms with Gasteiger partial charge in [-0.2, -0.15) is 0 Å². The number of nitrogens with zero attached hydrogens (tertiary/aromatic N) is 1. The molecule has 0 amide bonds. The predicted molar refractivity (Wildman–Crippen MR) is 71.5 cm³/mol. The highest BCUT2D eigenvalue weighted by atomic mass is 32.1. The first-order chi connectivity index (χ1) is 8.38. The van der Waals surface area contributed by atoms with Gasteiger partial charge in [0.25, 0.3) is 0 Å². The van der Waals surface area contributed by atoms with Crippen molar-refractivity contribution in [3.8, 4) is 0 Å². The van der Waals surface area contributed by atoms with Gasteiger partial charge in [-0.25, -0.2) is 4.98 Å². The molecule has 0 aliphatic rings. The van der Waals surface area contributed by atoms with Gasteiger partial charge in [0.05, 0.1) is 13.2 Å². The van der Waals surface area contributed by atoms with Crippen molar-refractivity contribution in [2.24, 2.45) is 0 Å². The Kier molecular flexibility index (Phi) is 4.53. The molecule has 17 heavy (non-hydrogen) atoms. The number of aromatic nitrogens is 1. The number of ether oxygens (including phenoxy) is 1. The third-order valence-corrected chi connectivity index (χ3v) is 3.36. The van der Waals surface area contributed by atoms with E-state index in [2.05, 4.69) is 27.8 Å². The van der Waals surface area contributed by atoms with Crippen LogP contribution in [-0.2, 0) is 17.8 Å². The minimum Gasteiger partial charge on any atom is -0.376 e. The van der Waals surface area contributed by atoms with Crippen molar-refractivity contribution in [1.82, 2.24) is 4.98 Å². The lowest BCUT2D eigenvalue weighted by Crippen LogP contribution is -1.99. The largest absolute Gasteiger partial charge is 0.376 e. The first kappa shape index (κ1) is 12.1. The van der Waals surface area contributed by atoms with Crippen LogP contribution in [0.15, 0.2) is 35.8 Å². The van der Waals surface area contributed by atoms with Crippen LogP contribution in [0.5, 0.6) is 0 Å². The molecule has 2 aromatic rings. The second-order valence-electron chi connectivity index (χ2n) is 3.68. The molecular formula is C13H16N2OS. The summed E-state index contributed by atoms with van der Waals surface area (Å²) in [4.78, 5) is 5.61. The van der Waals surface area contributed by atoms with Gasteiger partial charge in [-0.1, -0.05) is 12.1 Å². The Hall–Kier alpha value is -1.39. The summed E-state index contributed by atoms with van der Waals surface area (Å²) in [5.41, 5.74) is 1.11. The molecule has 0 aliphatic heterocycles. The van der Waals surface area contributed by atoms with Gasteiger partial charge in [-0.15, -0.1) is 11.3 Å². The van der Waals surface area contributed by atoms with E-state index >= 15 is 0 Å². The Morgan fingerprint density at radius 1 is 1.35 bits per heavy atom. The topological polar surface area (TPSA) is 34.1 Å². The van der Waals surface area contributed by atoms with E-state index in [1.54, 1.807) is 11.3 Å². The average Bonchev–Trinajstić information content (AvgIpc) is 2.88. The predicted octanol–water partition coefficient (Wildman–Crippen LogP) is 2.94. The fraction of sp³-hybridized carbons (Fsp3) is 0.308. The van der Waals surface area contributed by atoms with Gasteiger partial charge >= 0.3 is 0 Å². The van der Waals surface area contributed by atoms with Gasteiger partial charge in [-0.05, 0) is 23.1 Å². The monoisotopic (exact) mass is 248 g/mol. The van der Waals surface area contributed by atoms with Gasteiger partial charge in [0.2, 0.25) is 0 Å². The zero-order valence-corrected chi connectivity index (χ0v) is 10.7. The Morgan fingerprint density at radius 2 is 2.29 bits per heavy atom. The molecule has 2 rings (SSSR count). The summed E-state index contributed by atoms with van der Waals surface area (Å²) in [7, 11) is 1.86. The van der Waals surface area contributed by atoms with E-state index in [1.807, 2.05) is 25.4 Å². The number of pyridine rings is 1. The lowest BCUT2D eigenvalue weighted by molar-refractivity contribution is 0.124. The molecule has 0 fully saturated rings. The van der Waals surface area contributed by atoms with Crippen LogP contribution >= 0.6 is 11.3 Å². The minimum atomic E-state index is 0.627. The fourth-order valence-electron chi connectivity index (χ4n) is 1.48. The summed E-state index contributed by atoms with van der Waals surface area (Å²) in [6.07, 6.45) is 2.83. The van der Waals surface area contributed by atoms with Gasteiger partial charge < -0.3 is 10.1 Å². The molecule has 4 heteroatoms. The third-order valence-electron chi connectivity index (χ3n) is 2.42. The van der Waals surface area contributed by atoms with E-state index in [0.29, 0.717) is 6.61 Å². The van der Waals surface area contributed by atoms with Gasteiger partial charge in [0, 0.05) is 24.5 Å². The Balaban J connectivity index is 1.70. The molecule has 3 nitrogen and oxygen atoms in total. The van der Waals surface area contributed by atoms with Crippen LogP contribution in [0.1, 0.15) is 10.4 Å². The fourth-order valence-corrected chi connectivity index (χ4v) is 2.17. The van der Waals surface area contributed by atoms with E-state index in [4.69, 9.17) is 4.74 Å². The SMILES string of the molecule is CNc1ccc(COCCc2cccs2)cn1. The van der Waals surface area contributed by atoms with Crippen molar-refractivity contribution >= 4 is 17.2 Å². The van der Waals surface area contributed by atoms with Crippen molar-refractivity contribution in [3.63, 3.8) is 0 Å². The average molecular weight is 248 g/mol. The minimum absolute atomic E-state index is 0.627. The molecule has 0 unspecified atom stereocenters. The Morgan fingerprint density at radius 3 is 2.94 bits per heavy atom. The molecule has 1 N–H and O–H groups in total. The maximum absolute atomic E-state index is 5.61. The van der Waals surface area contributed by atoms with Crippen LogP contribution < -0.4 is 5.32 Å². The molecule has 0 saturated carbocycles. The van der Waals surface area contributed by atoms with Gasteiger partial charge in [-0.3, -0.25) is 0 Å². The highest BCUT2D eigenvalue weighted by Crippen LogP contribution is 2.10. The van der Waals surface area contributed by atoms with Crippen molar-refractivity contribution in [1.29, 1.82) is 0 Å². The summed E-state index contributed by atoms with van der Waals surface area (Å²) in [5, 5.41) is 5.08. The highest BCUT2D eigenvalue weighted by Gasteiger charge is 1.97. The molecule has 0 saturated heterocycles. The number of thiophene rings is 1. The zero-order valence-electron chi connectivity index (χ0n) is 9.85. The molecular weight excluding hydrogens is 232 g/mol. The third kappa shape index (κ3) is 3.84. The van der Waals surface area contributed by atoms with Gasteiger partial charge in [0.1, 0.15) is 5.82 Å². The number of hydrogen-bond acceptors (Lipinski definition) is 4. The van der Waals surface area contributed by atoms with E-state index in [-0.39, 0.29) is 0 Å². The van der Waals surface area contributed by atoms with E-state index in [1.165, 1.54) is 4.88 Å². The maximum atomic E-state index is 5.61. The van der Waals surface area contributed by atoms with Crippen molar-refractivity contribution in [2.75, 3.05) is 19.0 Å². The van der Waals surface area contributed by atoms with Crippen molar-refractivity contribution in [2.45, 2.75) is 13.0 Å². The number of hydrogen-bond donors (Lipinski definition) is 1. The van der Waals surface area contributed by atoms with E-state index in [9.17, 15) is 0 Å².